The third-order valence-corrected chi connectivity index (χ3v) is 9.87. The molecule has 5 heteroatoms. The minimum Gasteiger partial charge on any atom is -0.438 e. The number of aliphatic hydroxyl groups excluding tert-OH is 1. The number of oxazole rings is 1. The number of aromatic nitrogens is 1. The van der Waals surface area contributed by atoms with Crippen LogP contribution in [-0.4, -0.2) is 18.9 Å². The summed E-state index contributed by atoms with van der Waals surface area (Å²) in [4.78, 5) is 4.29. The fourth-order valence-electron chi connectivity index (χ4n) is 4.87. The maximum atomic E-state index is 13.2. The van der Waals surface area contributed by atoms with E-state index >= 15 is 0 Å². The number of benzene rings is 3. The molecule has 0 amide bonds. The third kappa shape index (κ3) is 2.11. The lowest BCUT2D eigenvalue weighted by molar-refractivity contribution is 0.191. The summed E-state index contributed by atoms with van der Waals surface area (Å²) < 4.78 is 19.0. The highest BCUT2D eigenvalue weighted by atomic mass is 28.3. The van der Waals surface area contributed by atoms with Crippen LogP contribution >= 0.6 is 0 Å². The van der Waals surface area contributed by atoms with E-state index < -0.39 is 14.9 Å². The van der Waals surface area contributed by atoms with Gasteiger partial charge >= 0.3 is 8.80 Å². The standard InChI is InChI=1S/C24H17FNO2Si/c1-24-17-6-2-3-8-20(17)29(24)22-16(5-4-7-18(22)24)21(27)19-13-26-23(28-19)14-9-11-15(25)12-10-14/h2-13,21,27H,1H3/q+1. The van der Waals surface area contributed by atoms with Gasteiger partial charge in [0, 0.05) is 22.3 Å². The molecule has 0 bridgehead atoms. The smallest absolute Gasteiger partial charge is 0.408 e. The summed E-state index contributed by atoms with van der Waals surface area (Å²) in [6.07, 6.45) is 0.689. The molecule has 2 aliphatic rings. The number of nitrogens with zero attached hydrogens (tertiary/aromatic N) is 1. The molecule has 0 radical (unpaired) electrons. The number of aliphatic hydroxyl groups is 1. The fourth-order valence-corrected chi connectivity index (χ4v) is 8.74. The average Bonchev–Trinajstić information content (AvgIpc) is 3.23. The van der Waals surface area contributed by atoms with Gasteiger partial charge < -0.3 is 9.52 Å². The second-order valence-electron chi connectivity index (χ2n) is 7.79. The van der Waals surface area contributed by atoms with Crippen LogP contribution < -0.4 is 10.4 Å². The Morgan fingerprint density at radius 3 is 2.59 bits per heavy atom. The van der Waals surface area contributed by atoms with Crippen molar-refractivity contribution in [2.45, 2.75) is 18.1 Å². The van der Waals surface area contributed by atoms with Gasteiger partial charge in [-0.2, -0.15) is 0 Å². The highest BCUT2D eigenvalue weighted by molar-refractivity contribution is 6.97. The second kappa shape index (κ2) is 5.75. The van der Waals surface area contributed by atoms with Crippen LogP contribution in [-0.2, 0) is 5.04 Å². The van der Waals surface area contributed by atoms with E-state index in [0.29, 0.717) is 17.2 Å². The molecule has 29 heavy (non-hydrogen) atoms. The molecule has 140 valence electrons. The van der Waals surface area contributed by atoms with Crippen LogP contribution in [0.2, 0.25) is 0 Å². The largest absolute Gasteiger partial charge is 0.438 e. The van der Waals surface area contributed by atoms with E-state index in [2.05, 4.69) is 42.2 Å². The van der Waals surface area contributed by atoms with Crippen molar-refractivity contribution >= 4 is 19.2 Å². The van der Waals surface area contributed by atoms with Crippen molar-refractivity contribution in [1.82, 2.24) is 4.98 Å². The Hall–Kier alpha value is -3.02. The highest BCUT2D eigenvalue weighted by Crippen LogP contribution is 2.48. The molecule has 0 spiro atoms. The van der Waals surface area contributed by atoms with E-state index in [-0.39, 0.29) is 10.9 Å². The van der Waals surface area contributed by atoms with E-state index in [1.165, 1.54) is 33.6 Å². The number of hydrogen-bond acceptors (Lipinski definition) is 3. The first-order chi connectivity index (χ1) is 14.1. The van der Waals surface area contributed by atoms with Crippen LogP contribution in [0.25, 0.3) is 11.5 Å². The third-order valence-electron chi connectivity index (χ3n) is 6.30. The minimum atomic E-state index is -0.897. The summed E-state index contributed by atoms with van der Waals surface area (Å²) in [5, 5.41) is 14.0. The molecule has 4 aromatic rings. The molecule has 2 aliphatic heterocycles. The fraction of sp³-hybridized carbons (Fsp3) is 0.125. The zero-order valence-corrected chi connectivity index (χ0v) is 16.7. The summed E-state index contributed by atoms with van der Waals surface area (Å²) in [5.74, 6) is 0.472. The average molecular weight is 398 g/mol. The normalized spacial score (nSPS) is 19.5. The molecule has 0 saturated carbocycles. The molecule has 1 aromatic heterocycles. The van der Waals surface area contributed by atoms with Gasteiger partial charge in [0.05, 0.1) is 6.20 Å². The van der Waals surface area contributed by atoms with Crippen molar-refractivity contribution < 1.29 is 13.9 Å². The number of halogens is 1. The molecule has 6 rings (SSSR count). The van der Waals surface area contributed by atoms with Crippen LogP contribution in [0.15, 0.2) is 77.3 Å². The first-order valence-electron chi connectivity index (χ1n) is 9.60. The Labute approximate surface area is 169 Å². The molecule has 1 N–H and O–H groups in total. The van der Waals surface area contributed by atoms with Gasteiger partial charge in [-0.15, -0.1) is 0 Å². The van der Waals surface area contributed by atoms with Gasteiger partial charge in [0.25, 0.3) is 0 Å². The predicted octanol–water partition coefficient (Wildman–Crippen LogP) is 3.34. The van der Waals surface area contributed by atoms with E-state index in [9.17, 15) is 9.50 Å². The second-order valence-corrected chi connectivity index (χ2v) is 10.6. The lowest BCUT2D eigenvalue weighted by Crippen LogP contribution is -2.79. The molecular weight excluding hydrogens is 381 g/mol. The molecule has 2 atom stereocenters. The van der Waals surface area contributed by atoms with Gasteiger partial charge in [-0.1, -0.05) is 36.4 Å². The van der Waals surface area contributed by atoms with Crippen LogP contribution in [0, 0.1) is 5.82 Å². The molecule has 2 unspecified atom stereocenters. The lowest BCUT2D eigenvalue weighted by Gasteiger charge is -2.45. The summed E-state index contributed by atoms with van der Waals surface area (Å²) in [6.45, 7) is 2.32. The molecule has 0 aliphatic carbocycles. The van der Waals surface area contributed by atoms with E-state index in [1.54, 1.807) is 18.3 Å². The summed E-state index contributed by atoms with van der Waals surface area (Å²) in [7, 11) is -0.897. The van der Waals surface area contributed by atoms with Crippen molar-refractivity contribution in [3.05, 3.63) is 101 Å². The molecule has 0 saturated heterocycles. The summed E-state index contributed by atoms with van der Waals surface area (Å²) in [5.41, 5.74) is 4.33. The van der Waals surface area contributed by atoms with Crippen LogP contribution in [0.4, 0.5) is 4.39 Å². The van der Waals surface area contributed by atoms with Gasteiger partial charge in [0.2, 0.25) is 5.89 Å². The molecular formula is C24H17FNO2Si+. The van der Waals surface area contributed by atoms with Crippen LogP contribution in [0.5, 0.6) is 0 Å². The quantitative estimate of drug-likeness (QED) is 0.539. The first-order valence-corrected chi connectivity index (χ1v) is 11.1. The summed E-state index contributed by atoms with van der Waals surface area (Å²) in [6, 6.07) is 20.8. The van der Waals surface area contributed by atoms with E-state index in [1.807, 2.05) is 12.1 Å². The Morgan fingerprint density at radius 1 is 1.00 bits per heavy atom. The number of rotatable bonds is 3. The first kappa shape index (κ1) is 16.9. The van der Waals surface area contributed by atoms with Crippen molar-refractivity contribution in [3.63, 3.8) is 0 Å². The minimum absolute atomic E-state index is 0.132. The van der Waals surface area contributed by atoms with Gasteiger partial charge in [-0.25, -0.2) is 9.37 Å². The summed E-state index contributed by atoms with van der Waals surface area (Å²) >= 11 is 0. The van der Waals surface area contributed by atoms with Crippen molar-refractivity contribution in [2.24, 2.45) is 0 Å². The van der Waals surface area contributed by atoms with Crippen LogP contribution in [0.3, 0.4) is 0 Å². The Bertz CT molecular complexity index is 1270. The van der Waals surface area contributed by atoms with Crippen molar-refractivity contribution in [1.29, 1.82) is 0 Å². The number of fused-ring (bicyclic) bond motifs is 7. The lowest BCUT2D eigenvalue weighted by atomic mass is 9.86. The van der Waals surface area contributed by atoms with Gasteiger partial charge in [0.15, 0.2) is 10.8 Å². The predicted molar refractivity (Wildman–Crippen MR) is 110 cm³/mol. The molecule has 3 heterocycles. The number of hydrogen-bond donors (Lipinski definition) is 1. The van der Waals surface area contributed by atoms with Crippen molar-refractivity contribution in [3.8, 4) is 11.5 Å². The van der Waals surface area contributed by atoms with Gasteiger partial charge in [-0.3, -0.25) is 0 Å². The Balaban J connectivity index is 1.39. The topological polar surface area (TPSA) is 46.3 Å². The van der Waals surface area contributed by atoms with Crippen LogP contribution in [0.1, 0.15) is 35.5 Å². The maximum Gasteiger partial charge on any atom is 0.408 e. The van der Waals surface area contributed by atoms with Gasteiger partial charge in [-0.05, 0) is 37.3 Å². The molecule has 0 fully saturated rings. The van der Waals surface area contributed by atoms with E-state index in [4.69, 9.17) is 4.42 Å². The Morgan fingerprint density at radius 2 is 1.76 bits per heavy atom. The molecule has 3 nitrogen and oxygen atoms in total. The van der Waals surface area contributed by atoms with Gasteiger partial charge in [0.1, 0.15) is 22.3 Å². The maximum absolute atomic E-state index is 13.2. The SMILES string of the molecule is CC12c3ccccc3[Si+]1c1c(C(O)c3cnc(-c4ccc(F)cc4)o3)cccc12. The highest BCUT2D eigenvalue weighted by Gasteiger charge is 2.75. The van der Waals surface area contributed by atoms with E-state index in [0.717, 1.165) is 5.56 Å². The zero-order valence-electron chi connectivity index (χ0n) is 15.7. The monoisotopic (exact) mass is 398 g/mol. The van der Waals surface area contributed by atoms with Crippen molar-refractivity contribution in [2.75, 3.05) is 0 Å². The Kier molecular flexibility index (Phi) is 3.35. The molecule has 3 aromatic carbocycles. The zero-order chi connectivity index (χ0) is 19.8.